The van der Waals surface area contributed by atoms with Gasteiger partial charge in [0.1, 0.15) is 0 Å². The van der Waals surface area contributed by atoms with Crippen molar-refractivity contribution in [1.29, 1.82) is 0 Å². The molecule has 7 rings (SSSR count). The maximum atomic E-state index is 13.6. The molecule has 0 saturated carbocycles. The number of imidazole rings is 1. The normalized spacial score (nSPS) is 20.3. The molecule has 45 heavy (non-hydrogen) atoms. The summed E-state index contributed by atoms with van der Waals surface area (Å²) in [6.45, 7) is 2.13. The molecule has 2 unspecified atom stereocenters. The van der Waals surface area contributed by atoms with Gasteiger partial charge in [-0.25, -0.2) is 13.2 Å². The van der Waals surface area contributed by atoms with E-state index in [-0.39, 0.29) is 11.6 Å². The SMILES string of the molecule is Cc1ncc(-c2ccc3ncc4c(c3c2)n(-c2ccc(C3CCN5C(=O)[C@@H](O)C(=O)C5C3)cc2)c(=O)n4C)cc1NS(C)(=O)=O. The fourth-order valence-electron chi connectivity index (χ4n) is 6.57. The molecule has 0 spiro atoms. The van der Waals surface area contributed by atoms with Crippen molar-refractivity contribution in [3.8, 4) is 16.8 Å². The lowest BCUT2D eigenvalue weighted by atomic mass is 9.85. The minimum absolute atomic E-state index is 0.0318. The number of anilines is 1. The molecule has 0 aliphatic carbocycles. The van der Waals surface area contributed by atoms with E-state index in [0.717, 1.165) is 22.8 Å². The molecule has 0 bridgehead atoms. The topological polar surface area (TPSA) is 156 Å². The number of aliphatic hydroxyl groups excluding tert-OH is 1. The van der Waals surface area contributed by atoms with Crippen molar-refractivity contribution < 1.29 is 23.1 Å². The first kappa shape index (κ1) is 28.9. The lowest BCUT2D eigenvalue weighted by molar-refractivity contribution is -0.137. The number of pyridine rings is 2. The highest BCUT2D eigenvalue weighted by Gasteiger charge is 2.48. The summed E-state index contributed by atoms with van der Waals surface area (Å²) >= 11 is 0. The van der Waals surface area contributed by atoms with Crippen LogP contribution in [-0.2, 0) is 26.7 Å². The lowest BCUT2D eigenvalue weighted by Crippen LogP contribution is -2.42. The molecule has 2 saturated heterocycles. The largest absolute Gasteiger partial charge is 0.376 e. The molecule has 13 heteroatoms. The summed E-state index contributed by atoms with van der Waals surface area (Å²) in [6, 6.07) is 14.4. The summed E-state index contributed by atoms with van der Waals surface area (Å²) in [7, 11) is -1.81. The zero-order valence-electron chi connectivity index (χ0n) is 24.8. The van der Waals surface area contributed by atoms with Crippen molar-refractivity contribution in [2.45, 2.75) is 37.8 Å². The molecule has 2 aliphatic heterocycles. The number of sulfonamides is 1. The molecule has 2 N–H and O–H groups in total. The van der Waals surface area contributed by atoms with Gasteiger partial charge in [-0.05, 0) is 67.1 Å². The van der Waals surface area contributed by atoms with Gasteiger partial charge in [-0.1, -0.05) is 18.2 Å². The van der Waals surface area contributed by atoms with Crippen LogP contribution in [0.4, 0.5) is 5.69 Å². The molecular weight excluding hydrogens is 596 g/mol. The van der Waals surface area contributed by atoms with E-state index in [9.17, 15) is 27.9 Å². The first-order valence-corrected chi connectivity index (χ1v) is 16.4. The van der Waals surface area contributed by atoms with E-state index in [4.69, 9.17) is 0 Å². The summed E-state index contributed by atoms with van der Waals surface area (Å²) in [4.78, 5) is 48.8. The van der Waals surface area contributed by atoms with Crippen LogP contribution in [0.3, 0.4) is 0 Å². The van der Waals surface area contributed by atoms with Crippen molar-refractivity contribution in [2.75, 3.05) is 17.5 Å². The van der Waals surface area contributed by atoms with Gasteiger partial charge in [-0.3, -0.25) is 33.4 Å². The summed E-state index contributed by atoms with van der Waals surface area (Å²) in [5.74, 6) is -0.916. The van der Waals surface area contributed by atoms with Crippen LogP contribution < -0.4 is 10.4 Å². The van der Waals surface area contributed by atoms with E-state index in [1.807, 2.05) is 42.5 Å². The Morgan fingerprint density at radius 3 is 2.47 bits per heavy atom. The molecule has 230 valence electrons. The van der Waals surface area contributed by atoms with Crippen molar-refractivity contribution in [1.82, 2.24) is 24.0 Å². The number of carbonyl (C=O) groups excluding carboxylic acids is 2. The van der Waals surface area contributed by atoms with Gasteiger partial charge in [0.15, 0.2) is 11.9 Å². The van der Waals surface area contributed by atoms with E-state index in [1.165, 1.54) is 4.90 Å². The Morgan fingerprint density at radius 1 is 0.978 bits per heavy atom. The molecule has 12 nitrogen and oxygen atoms in total. The number of nitrogens with one attached hydrogen (secondary N) is 1. The average Bonchev–Trinajstić information content (AvgIpc) is 3.41. The third-order valence-electron chi connectivity index (χ3n) is 8.94. The van der Waals surface area contributed by atoms with E-state index in [2.05, 4.69) is 14.7 Å². The highest BCUT2D eigenvalue weighted by molar-refractivity contribution is 7.92. The summed E-state index contributed by atoms with van der Waals surface area (Å²) in [6.07, 6.45) is 3.99. The smallest absolute Gasteiger partial charge is 0.333 e. The number of amides is 1. The summed E-state index contributed by atoms with van der Waals surface area (Å²) in [5, 5.41) is 10.7. The zero-order chi connectivity index (χ0) is 31.8. The van der Waals surface area contributed by atoms with Gasteiger partial charge in [0.25, 0.3) is 5.91 Å². The Bertz CT molecular complexity index is 2220. The predicted molar refractivity (Wildman–Crippen MR) is 169 cm³/mol. The molecule has 2 aromatic carbocycles. The minimum Gasteiger partial charge on any atom is -0.376 e. The predicted octanol–water partition coefficient (Wildman–Crippen LogP) is 2.64. The third kappa shape index (κ3) is 4.79. The Morgan fingerprint density at radius 2 is 1.73 bits per heavy atom. The van der Waals surface area contributed by atoms with Crippen LogP contribution in [0.25, 0.3) is 38.8 Å². The quantitative estimate of drug-likeness (QED) is 0.282. The molecule has 0 radical (unpaired) electrons. The monoisotopic (exact) mass is 626 g/mol. The van der Waals surface area contributed by atoms with Gasteiger partial charge in [-0.2, -0.15) is 0 Å². The number of rotatable bonds is 5. The number of carbonyl (C=O) groups is 2. The Balaban J connectivity index is 1.29. The average molecular weight is 627 g/mol. The van der Waals surface area contributed by atoms with Gasteiger partial charge in [0.05, 0.1) is 52.1 Å². The number of Topliss-reactive ketones (excluding diaryl/α,β-unsaturated/α-hetero) is 1. The maximum Gasteiger partial charge on any atom is 0.333 e. The van der Waals surface area contributed by atoms with E-state index in [0.29, 0.717) is 58.6 Å². The highest BCUT2D eigenvalue weighted by atomic mass is 32.2. The van der Waals surface area contributed by atoms with Crippen LogP contribution in [0, 0.1) is 6.92 Å². The second-order valence-electron chi connectivity index (χ2n) is 11.8. The zero-order valence-corrected chi connectivity index (χ0v) is 25.6. The van der Waals surface area contributed by atoms with Gasteiger partial charge in [-0.15, -0.1) is 0 Å². The third-order valence-corrected chi connectivity index (χ3v) is 9.53. The summed E-state index contributed by atoms with van der Waals surface area (Å²) < 4.78 is 29.5. The van der Waals surface area contributed by atoms with Crippen molar-refractivity contribution in [3.63, 3.8) is 0 Å². The van der Waals surface area contributed by atoms with E-state index >= 15 is 0 Å². The molecule has 2 aliphatic rings. The van der Waals surface area contributed by atoms with Crippen molar-refractivity contribution >= 4 is 49.3 Å². The number of fused-ring (bicyclic) bond motifs is 4. The van der Waals surface area contributed by atoms with Gasteiger partial charge in [0.2, 0.25) is 10.0 Å². The van der Waals surface area contributed by atoms with Gasteiger partial charge >= 0.3 is 5.69 Å². The van der Waals surface area contributed by atoms with Gasteiger partial charge < -0.3 is 10.0 Å². The number of hydrogen-bond acceptors (Lipinski definition) is 8. The number of aryl methyl sites for hydroxylation is 2. The lowest BCUT2D eigenvalue weighted by Gasteiger charge is -2.33. The molecule has 3 atom stereocenters. The molecular formula is C32H30N6O6S. The maximum absolute atomic E-state index is 13.6. The first-order valence-electron chi connectivity index (χ1n) is 14.5. The Labute approximate surface area is 258 Å². The molecule has 2 fully saturated rings. The minimum atomic E-state index is -3.50. The Kier molecular flexibility index (Phi) is 6.64. The van der Waals surface area contributed by atoms with E-state index < -0.39 is 33.9 Å². The van der Waals surface area contributed by atoms with Crippen molar-refractivity contribution in [2.24, 2.45) is 7.05 Å². The fourth-order valence-corrected chi connectivity index (χ4v) is 7.17. The number of aromatic nitrogens is 4. The van der Waals surface area contributed by atoms with Crippen LogP contribution in [0.5, 0.6) is 0 Å². The van der Waals surface area contributed by atoms with Crippen LogP contribution in [-0.4, -0.2) is 74.2 Å². The molecule has 3 aromatic heterocycles. The number of hydrogen-bond donors (Lipinski definition) is 2. The van der Waals surface area contributed by atoms with E-state index in [1.54, 1.807) is 41.6 Å². The Hall–Kier alpha value is -4.88. The van der Waals surface area contributed by atoms with Crippen LogP contribution in [0.2, 0.25) is 0 Å². The molecule has 5 aromatic rings. The number of aliphatic hydroxyl groups is 1. The van der Waals surface area contributed by atoms with Crippen LogP contribution >= 0.6 is 0 Å². The van der Waals surface area contributed by atoms with Crippen LogP contribution in [0.1, 0.15) is 30.0 Å². The number of piperidine rings is 1. The second kappa shape index (κ2) is 10.3. The van der Waals surface area contributed by atoms with Gasteiger partial charge in [0, 0.05) is 30.7 Å². The van der Waals surface area contributed by atoms with Crippen LogP contribution in [0.15, 0.2) is 65.7 Å². The number of benzene rings is 2. The second-order valence-corrected chi connectivity index (χ2v) is 13.5. The first-order chi connectivity index (χ1) is 21.4. The molecule has 1 amide bonds. The number of ketones is 1. The molecule has 5 heterocycles. The number of nitrogens with zero attached hydrogens (tertiary/aromatic N) is 5. The summed E-state index contributed by atoms with van der Waals surface area (Å²) in [5.41, 5.74) is 5.80. The fraction of sp³-hybridized carbons (Fsp3) is 0.281. The van der Waals surface area contributed by atoms with Crippen molar-refractivity contribution in [3.05, 3.63) is 82.7 Å². The standard InChI is InChI=1S/C32H30N6O6S/c1-17-25(35-45(3,43)44)13-21(15-33-17)19-6-9-24-23(12-19)28-27(16-34-24)36(2)32(42)38(28)22-7-4-18(5-8-22)20-10-11-37-26(14-20)29(39)30(40)31(37)41/h4-9,12-13,15-16,20,26,30,35,40H,10-11,14H2,1-3H3/t20?,26?,30-/m0/s1. The highest BCUT2D eigenvalue weighted by Crippen LogP contribution is 2.36.